The van der Waals surface area contributed by atoms with E-state index in [1.54, 1.807) is 0 Å². The second kappa shape index (κ2) is 16.1. The van der Waals surface area contributed by atoms with Crippen LogP contribution in [0.1, 0.15) is 25.0 Å². The summed E-state index contributed by atoms with van der Waals surface area (Å²) in [6.45, 7) is 4.82. The minimum Gasteiger partial charge on any atom is -0.309 e. The van der Waals surface area contributed by atoms with Crippen molar-refractivity contribution in [1.82, 2.24) is 9.13 Å². The zero-order valence-corrected chi connectivity index (χ0v) is 42.2. The lowest BCUT2D eigenvalue weighted by atomic mass is 9.73. The molecular formula is C73H49N3. The first-order chi connectivity index (χ1) is 37.5. The van der Waals surface area contributed by atoms with Crippen LogP contribution in [0.2, 0.25) is 0 Å². The molecule has 0 saturated heterocycles. The lowest BCUT2D eigenvalue weighted by molar-refractivity contribution is 0.632. The fourth-order valence-electron chi connectivity index (χ4n) is 13.4. The van der Waals surface area contributed by atoms with Crippen LogP contribution in [-0.4, -0.2) is 9.13 Å². The highest BCUT2D eigenvalue weighted by molar-refractivity contribution is 6.24. The maximum absolute atomic E-state index is 2.64. The van der Waals surface area contributed by atoms with Crippen molar-refractivity contribution < 1.29 is 0 Å². The first kappa shape index (κ1) is 42.8. The zero-order chi connectivity index (χ0) is 50.2. The third kappa shape index (κ3) is 6.11. The van der Waals surface area contributed by atoms with Gasteiger partial charge in [0.25, 0.3) is 0 Å². The van der Waals surface area contributed by atoms with E-state index in [-0.39, 0.29) is 5.41 Å². The molecule has 1 aliphatic heterocycles. The molecule has 76 heavy (non-hydrogen) atoms. The Labute approximate surface area is 440 Å². The lowest BCUT2D eigenvalue weighted by Crippen LogP contribution is -2.31. The van der Waals surface area contributed by atoms with Gasteiger partial charge >= 0.3 is 0 Å². The number of fused-ring (bicyclic) bond motifs is 12. The molecule has 0 aliphatic carbocycles. The predicted molar refractivity (Wildman–Crippen MR) is 323 cm³/mol. The predicted octanol–water partition coefficient (Wildman–Crippen LogP) is 19.9. The molecule has 3 heterocycles. The van der Waals surface area contributed by atoms with Crippen molar-refractivity contribution in [2.45, 2.75) is 19.3 Å². The summed E-state index contributed by atoms with van der Waals surface area (Å²) >= 11 is 0. The number of aromatic nitrogens is 2. The Balaban J connectivity index is 1.01. The molecule has 1 aliphatic rings. The molecule has 0 atom stereocenters. The van der Waals surface area contributed by atoms with Crippen LogP contribution in [0.15, 0.2) is 261 Å². The first-order valence-corrected chi connectivity index (χ1v) is 26.5. The van der Waals surface area contributed by atoms with Gasteiger partial charge in [0.1, 0.15) is 0 Å². The van der Waals surface area contributed by atoms with E-state index in [0.717, 1.165) is 11.4 Å². The highest BCUT2D eigenvalue weighted by Crippen LogP contribution is 2.57. The molecule has 0 radical (unpaired) electrons. The van der Waals surface area contributed by atoms with Crippen molar-refractivity contribution in [3.05, 3.63) is 272 Å². The van der Waals surface area contributed by atoms with Crippen molar-refractivity contribution in [1.29, 1.82) is 0 Å². The Morgan fingerprint density at radius 2 is 0.684 bits per heavy atom. The third-order valence-corrected chi connectivity index (χ3v) is 16.8. The summed E-state index contributed by atoms with van der Waals surface area (Å²) in [5, 5.41) is 14.7. The maximum Gasteiger partial charge on any atom is 0.0619 e. The van der Waals surface area contributed by atoms with Crippen molar-refractivity contribution in [2.75, 3.05) is 4.90 Å². The molecule has 0 spiro atoms. The van der Waals surface area contributed by atoms with Gasteiger partial charge in [0.05, 0.1) is 39.1 Å². The van der Waals surface area contributed by atoms with Gasteiger partial charge in [-0.25, -0.2) is 0 Å². The largest absolute Gasteiger partial charge is 0.309 e. The van der Waals surface area contributed by atoms with Crippen LogP contribution in [0.25, 0.3) is 120 Å². The fraction of sp³-hybridized carbons (Fsp3) is 0.0411. The molecule has 356 valence electrons. The molecule has 3 nitrogen and oxygen atoms in total. The Hall–Kier alpha value is -9.70. The van der Waals surface area contributed by atoms with Crippen molar-refractivity contribution in [3.63, 3.8) is 0 Å². The molecule has 0 unspecified atom stereocenters. The van der Waals surface area contributed by atoms with E-state index in [9.17, 15) is 0 Å². The quantitative estimate of drug-likeness (QED) is 0.157. The van der Waals surface area contributed by atoms with E-state index < -0.39 is 0 Å². The molecule has 0 saturated carbocycles. The summed E-state index contributed by atoms with van der Waals surface area (Å²) in [6, 6.07) is 97.5. The minimum atomic E-state index is -0.352. The summed E-state index contributed by atoms with van der Waals surface area (Å²) < 4.78 is 4.93. The van der Waals surface area contributed by atoms with Crippen LogP contribution < -0.4 is 4.90 Å². The van der Waals surface area contributed by atoms with Gasteiger partial charge in [-0.2, -0.15) is 0 Å². The molecule has 0 fully saturated rings. The van der Waals surface area contributed by atoms with E-state index in [2.05, 4.69) is 289 Å². The van der Waals surface area contributed by atoms with Gasteiger partial charge in [0.15, 0.2) is 0 Å². The number of hydrogen-bond acceptors (Lipinski definition) is 1. The van der Waals surface area contributed by atoms with Gasteiger partial charge in [-0.3, -0.25) is 0 Å². The summed E-state index contributed by atoms with van der Waals surface area (Å²) in [4.78, 5) is 2.64. The topological polar surface area (TPSA) is 13.1 Å². The van der Waals surface area contributed by atoms with Gasteiger partial charge in [-0.15, -0.1) is 0 Å². The molecule has 0 bridgehead atoms. The normalized spacial score (nSPS) is 13.2. The average Bonchev–Trinajstić information content (AvgIpc) is 4.08. The number of para-hydroxylation sites is 4. The molecule has 15 aromatic rings. The second-order valence-electron chi connectivity index (χ2n) is 21.2. The van der Waals surface area contributed by atoms with E-state index in [4.69, 9.17) is 0 Å². The average molecular weight is 968 g/mol. The Bertz CT molecular complexity index is 4600. The molecule has 3 heteroatoms. The van der Waals surface area contributed by atoms with Gasteiger partial charge < -0.3 is 14.0 Å². The summed E-state index contributed by atoms with van der Waals surface area (Å²) in [7, 11) is 0. The Morgan fingerprint density at radius 1 is 0.289 bits per heavy atom. The summed E-state index contributed by atoms with van der Waals surface area (Å²) in [5.74, 6) is 0. The fourth-order valence-corrected chi connectivity index (χ4v) is 13.4. The third-order valence-electron chi connectivity index (χ3n) is 16.8. The van der Waals surface area contributed by atoms with Gasteiger partial charge in [-0.1, -0.05) is 208 Å². The van der Waals surface area contributed by atoms with Crippen LogP contribution in [0.4, 0.5) is 17.1 Å². The highest BCUT2D eigenvalue weighted by Gasteiger charge is 2.39. The van der Waals surface area contributed by atoms with Crippen LogP contribution in [0.3, 0.4) is 0 Å². The number of benzene rings is 13. The number of rotatable bonds is 5. The highest BCUT2D eigenvalue weighted by atomic mass is 15.2. The molecule has 0 N–H and O–H groups in total. The van der Waals surface area contributed by atoms with E-state index >= 15 is 0 Å². The van der Waals surface area contributed by atoms with Crippen molar-refractivity contribution in [2.24, 2.45) is 0 Å². The van der Waals surface area contributed by atoms with Gasteiger partial charge in [0.2, 0.25) is 0 Å². The zero-order valence-electron chi connectivity index (χ0n) is 42.2. The first-order valence-electron chi connectivity index (χ1n) is 26.5. The number of nitrogens with zero attached hydrogens (tertiary/aromatic N) is 3. The Kier molecular flexibility index (Phi) is 9.09. The van der Waals surface area contributed by atoms with E-state index in [1.165, 1.54) is 137 Å². The van der Waals surface area contributed by atoms with Crippen LogP contribution >= 0.6 is 0 Å². The molecule has 0 amide bonds. The smallest absolute Gasteiger partial charge is 0.0619 e. The van der Waals surface area contributed by atoms with Gasteiger partial charge in [-0.05, 0) is 132 Å². The molecule has 13 aromatic carbocycles. The number of anilines is 3. The van der Waals surface area contributed by atoms with Crippen LogP contribution in [0.5, 0.6) is 0 Å². The standard InChI is InChI=1S/C73H49N3/c1-73(2)63-39-37-51(74-65-31-15-11-23-54(65)55-24-12-16-32-66(55)74)44-69(63)76(70-45-52(38-40-64(70)73)75-67-33-17-13-25-56(67)57-26-14-18-34-68(57)75)72-60-29-9-7-27-58(60)71(59-28-8-10-30-61(59)72)50-42-48-21-5-6-22-53(48)62(43-50)49-36-35-46-19-3-4-20-47(46)41-49/h3-45H,1-2H3. The Morgan fingerprint density at radius 3 is 1.18 bits per heavy atom. The molecule has 2 aromatic heterocycles. The maximum atomic E-state index is 2.64. The second-order valence-corrected chi connectivity index (χ2v) is 21.2. The van der Waals surface area contributed by atoms with Crippen molar-refractivity contribution in [3.8, 4) is 33.6 Å². The SMILES string of the molecule is CC1(C)c2ccc(-n3c4ccccc4c4ccccc43)cc2N(c2c3ccccc3c(-c3cc(-c4ccc5ccccc5c4)c4ccccc4c3)c3ccccc23)c2cc(-n3c4ccccc4c4ccccc43)ccc21. The van der Waals surface area contributed by atoms with Crippen LogP contribution in [0, 0.1) is 0 Å². The minimum absolute atomic E-state index is 0.352. The molecule has 16 rings (SSSR count). The van der Waals surface area contributed by atoms with Crippen LogP contribution in [-0.2, 0) is 5.41 Å². The lowest BCUT2D eigenvalue weighted by Gasteiger charge is -2.43. The summed E-state index contributed by atoms with van der Waals surface area (Å²) in [6.07, 6.45) is 0. The van der Waals surface area contributed by atoms with E-state index in [0.29, 0.717) is 0 Å². The van der Waals surface area contributed by atoms with E-state index in [1.807, 2.05) is 0 Å². The monoisotopic (exact) mass is 967 g/mol. The summed E-state index contributed by atoms with van der Waals surface area (Å²) in [5.41, 5.74) is 17.6. The van der Waals surface area contributed by atoms with Crippen molar-refractivity contribution >= 4 is 104 Å². The molecular weight excluding hydrogens is 919 g/mol. The number of hydrogen-bond donors (Lipinski definition) is 0. The van der Waals surface area contributed by atoms with Gasteiger partial charge in [0, 0.05) is 49.1 Å².